The number of hydrogen-bond acceptors (Lipinski definition) is 5. The molecule has 0 heterocycles. The minimum atomic E-state index is -4.43. The van der Waals surface area contributed by atoms with Crippen molar-refractivity contribution in [3.05, 3.63) is 60.2 Å². The Morgan fingerprint density at radius 3 is 2.14 bits per heavy atom. The van der Waals surface area contributed by atoms with Crippen LogP contribution in [0.15, 0.2) is 54.6 Å². The SMILES string of the molecule is O=C(CCC(=O)OCC(F)(F)C(F)F)OCc1cccc(Oc2ccccc2)c1. The zero-order valence-corrected chi connectivity index (χ0v) is 15.2. The van der Waals surface area contributed by atoms with Gasteiger partial charge in [-0.05, 0) is 29.8 Å². The predicted octanol–water partition coefficient (Wildman–Crippen LogP) is 4.75. The van der Waals surface area contributed by atoms with Crippen LogP contribution in [-0.4, -0.2) is 30.9 Å². The van der Waals surface area contributed by atoms with Gasteiger partial charge in [0, 0.05) is 0 Å². The highest BCUT2D eigenvalue weighted by molar-refractivity contribution is 5.77. The number of hydrogen-bond donors (Lipinski definition) is 0. The Morgan fingerprint density at radius 1 is 0.862 bits per heavy atom. The number of carbonyl (C=O) groups is 2. The second-order valence-electron chi connectivity index (χ2n) is 5.95. The summed E-state index contributed by atoms with van der Waals surface area (Å²) in [6.07, 6.45) is -4.93. The summed E-state index contributed by atoms with van der Waals surface area (Å²) >= 11 is 0. The normalized spacial score (nSPS) is 11.2. The third-order valence-electron chi connectivity index (χ3n) is 3.56. The van der Waals surface area contributed by atoms with Crippen molar-refractivity contribution >= 4 is 11.9 Å². The van der Waals surface area contributed by atoms with Gasteiger partial charge in [-0.2, -0.15) is 8.78 Å². The van der Waals surface area contributed by atoms with Crippen LogP contribution in [0.25, 0.3) is 0 Å². The fraction of sp³-hybridized carbons (Fsp3) is 0.300. The van der Waals surface area contributed by atoms with Crippen molar-refractivity contribution in [2.75, 3.05) is 6.61 Å². The molecule has 0 aromatic heterocycles. The molecule has 0 aliphatic rings. The average molecular weight is 414 g/mol. The molecule has 156 valence electrons. The van der Waals surface area contributed by atoms with Gasteiger partial charge in [-0.3, -0.25) is 9.59 Å². The summed E-state index contributed by atoms with van der Waals surface area (Å²) < 4.78 is 64.0. The van der Waals surface area contributed by atoms with Crippen LogP contribution in [0.5, 0.6) is 11.5 Å². The number of halogens is 4. The summed E-state index contributed by atoms with van der Waals surface area (Å²) in [6, 6.07) is 15.9. The highest BCUT2D eigenvalue weighted by atomic mass is 19.3. The summed E-state index contributed by atoms with van der Waals surface area (Å²) in [5, 5.41) is 0. The molecule has 0 aliphatic carbocycles. The average Bonchev–Trinajstić information content (AvgIpc) is 2.70. The van der Waals surface area contributed by atoms with E-state index in [1.807, 2.05) is 18.2 Å². The molecule has 0 bridgehead atoms. The fourth-order valence-electron chi connectivity index (χ4n) is 2.08. The molecule has 2 aromatic rings. The van der Waals surface area contributed by atoms with Gasteiger partial charge in [-0.1, -0.05) is 30.3 Å². The van der Waals surface area contributed by atoms with Crippen LogP contribution in [-0.2, 0) is 25.7 Å². The first-order valence-electron chi connectivity index (χ1n) is 8.55. The summed E-state index contributed by atoms with van der Waals surface area (Å²) in [5.74, 6) is -5.22. The largest absolute Gasteiger partial charge is 0.461 e. The molecule has 0 amide bonds. The molecule has 29 heavy (non-hydrogen) atoms. The van der Waals surface area contributed by atoms with E-state index < -0.39 is 43.7 Å². The molecule has 0 N–H and O–H groups in total. The van der Waals surface area contributed by atoms with Gasteiger partial charge in [0.1, 0.15) is 18.1 Å². The third-order valence-corrected chi connectivity index (χ3v) is 3.56. The molecule has 9 heteroatoms. The molecule has 5 nitrogen and oxygen atoms in total. The van der Waals surface area contributed by atoms with Crippen molar-refractivity contribution in [1.82, 2.24) is 0 Å². The highest BCUT2D eigenvalue weighted by Crippen LogP contribution is 2.23. The van der Waals surface area contributed by atoms with E-state index in [-0.39, 0.29) is 6.61 Å². The van der Waals surface area contributed by atoms with E-state index >= 15 is 0 Å². The topological polar surface area (TPSA) is 61.8 Å². The standard InChI is InChI=1S/C20H18F4O5/c21-19(22)20(23,24)13-28-18(26)10-9-17(25)27-12-14-5-4-8-16(11-14)29-15-6-2-1-3-7-15/h1-8,11,19H,9-10,12-13H2. The molecule has 2 aromatic carbocycles. The Bertz CT molecular complexity index is 812. The molecular formula is C20H18F4O5. The Hall–Kier alpha value is -3.10. The van der Waals surface area contributed by atoms with Crippen LogP contribution < -0.4 is 4.74 Å². The summed E-state index contributed by atoms with van der Waals surface area (Å²) in [7, 11) is 0. The molecule has 0 unspecified atom stereocenters. The number of carbonyl (C=O) groups excluding carboxylic acids is 2. The van der Waals surface area contributed by atoms with Crippen LogP contribution in [0.1, 0.15) is 18.4 Å². The Kier molecular flexibility index (Phi) is 7.99. The lowest BCUT2D eigenvalue weighted by atomic mass is 10.2. The van der Waals surface area contributed by atoms with Crippen molar-refractivity contribution in [2.24, 2.45) is 0 Å². The van der Waals surface area contributed by atoms with E-state index in [0.29, 0.717) is 17.1 Å². The summed E-state index contributed by atoms with van der Waals surface area (Å²) in [6.45, 7) is -1.84. The molecule has 0 spiro atoms. The Labute approximate surface area is 164 Å². The molecule has 0 radical (unpaired) electrons. The lowest BCUT2D eigenvalue weighted by molar-refractivity contribution is -0.180. The van der Waals surface area contributed by atoms with Gasteiger partial charge in [-0.15, -0.1) is 0 Å². The summed E-state index contributed by atoms with van der Waals surface area (Å²) in [4.78, 5) is 23.0. The van der Waals surface area contributed by atoms with Crippen LogP contribution in [0, 0.1) is 0 Å². The van der Waals surface area contributed by atoms with Crippen molar-refractivity contribution in [3.63, 3.8) is 0 Å². The zero-order chi connectivity index (χ0) is 21.3. The molecular weight excluding hydrogens is 396 g/mol. The maximum atomic E-state index is 12.7. The monoisotopic (exact) mass is 414 g/mol. The van der Waals surface area contributed by atoms with E-state index in [9.17, 15) is 27.2 Å². The maximum absolute atomic E-state index is 12.7. The van der Waals surface area contributed by atoms with Gasteiger partial charge in [0.2, 0.25) is 0 Å². The molecule has 2 rings (SSSR count). The molecule has 0 atom stereocenters. The van der Waals surface area contributed by atoms with Gasteiger partial charge in [0.25, 0.3) is 0 Å². The molecule has 0 aliphatic heterocycles. The first-order valence-corrected chi connectivity index (χ1v) is 8.55. The van der Waals surface area contributed by atoms with Crippen LogP contribution in [0.3, 0.4) is 0 Å². The van der Waals surface area contributed by atoms with E-state index in [1.54, 1.807) is 36.4 Å². The van der Waals surface area contributed by atoms with E-state index in [1.165, 1.54) is 0 Å². The Balaban J connectivity index is 1.73. The van der Waals surface area contributed by atoms with Gasteiger partial charge < -0.3 is 14.2 Å². The summed E-state index contributed by atoms with van der Waals surface area (Å²) in [5.41, 5.74) is 0.630. The van der Waals surface area contributed by atoms with Crippen LogP contribution in [0.4, 0.5) is 17.6 Å². The van der Waals surface area contributed by atoms with Gasteiger partial charge in [-0.25, -0.2) is 8.78 Å². The minimum Gasteiger partial charge on any atom is -0.461 e. The number of para-hydroxylation sites is 1. The van der Waals surface area contributed by atoms with Gasteiger partial charge in [0.05, 0.1) is 12.8 Å². The quantitative estimate of drug-likeness (QED) is 0.415. The first kappa shape index (κ1) is 22.2. The maximum Gasteiger partial charge on any atom is 0.340 e. The second kappa shape index (κ2) is 10.4. The second-order valence-corrected chi connectivity index (χ2v) is 5.95. The van der Waals surface area contributed by atoms with E-state index in [0.717, 1.165) is 0 Å². The van der Waals surface area contributed by atoms with Crippen molar-refractivity contribution in [1.29, 1.82) is 0 Å². The lowest BCUT2D eigenvalue weighted by Gasteiger charge is -2.14. The number of ether oxygens (including phenoxy) is 3. The van der Waals surface area contributed by atoms with Crippen LogP contribution >= 0.6 is 0 Å². The Morgan fingerprint density at radius 2 is 1.48 bits per heavy atom. The van der Waals surface area contributed by atoms with Crippen molar-refractivity contribution in [2.45, 2.75) is 31.8 Å². The number of esters is 2. The number of benzene rings is 2. The molecule has 0 saturated heterocycles. The molecule has 0 saturated carbocycles. The minimum absolute atomic E-state index is 0.0939. The highest BCUT2D eigenvalue weighted by Gasteiger charge is 2.42. The third kappa shape index (κ3) is 7.81. The fourth-order valence-corrected chi connectivity index (χ4v) is 2.08. The number of alkyl halides is 4. The molecule has 0 fully saturated rings. The first-order chi connectivity index (χ1) is 13.8. The van der Waals surface area contributed by atoms with Gasteiger partial charge >= 0.3 is 24.3 Å². The van der Waals surface area contributed by atoms with Crippen LogP contribution in [0.2, 0.25) is 0 Å². The van der Waals surface area contributed by atoms with Gasteiger partial charge in [0.15, 0.2) is 6.61 Å². The smallest absolute Gasteiger partial charge is 0.340 e. The van der Waals surface area contributed by atoms with E-state index in [4.69, 9.17) is 9.47 Å². The predicted molar refractivity (Wildman–Crippen MR) is 93.9 cm³/mol. The van der Waals surface area contributed by atoms with E-state index in [2.05, 4.69) is 4.74 Å². The van der Waals surface area contributed by atoms with Crippen molar-refractivity contribution in [3.8, 4) is 11.5 Å². The lowest BCUT2D eigenvalue weighted by Crippen LogP contribution is -2.33. The number of rotatable bonds is 10. The van der Waals surface area contributed by atoms with Crippen molar-refractivity contribution < 1.29 is 41.4 Å². The zero-order valence-electron chi connectivity index (χ0n) is 15.2.